The number of rotatable bonds is 5. The minimum atomic E-state index is -0.263. The Labute approximate surface area is 152 Å². The van der Waals surface area contributed by atoms with Crippen molar-refractivity contribution in [1.29, 1.82) is 5.26 Å². The van der Waals surface area contributed by atoms with Gasteiger partial charge < -0.3 is 15.0 Å². The van der Waals surface area contributed by atoms with E-state index in [1.165, 1.54) is 6.20 Å². The molecule has 0 spiro atoms. The molecule has 7 heteroatoms. The minimum Gasteiger partial charge on any atom is -0.445 e. The molecule has 2 aromatic rings. The maximum Gasteiger partial charge on any atom is 0.410 e. The van der Waals surface area contributed by atoms with Crippen molar-refractivity contribution >= 4 is 11.9 Å². The molecule has 1 saturated heterocycles. The van der Waals surface area contributed by atoms with Gasteiger partial charge in [0.2, 0.25) is 0 Å². The van der Waals surface area contributed by atoms with Crippen molar-refractivity contribution in [3.05, 3.63) is 54.0 Å². The number of carbonyl (C=O) groups is 1. The molecule has 0 bridgehead atoms. The zero-order valence-electron chi connectivity index (χ0n) is 14.5. The fraction of sp³-hybridized carbons (Fsp3) is 0.368. The molecule has 1 fully saturated rings. The first-order chi connectivity index (χ1) is 12.8. The molecule has 134 valence electrons. The summed E-state index contributed by atoms with van der Waals surface area (Å²) in [4.78, 5) is 22.1. The van der Waals surface area contributed by atoms with Gasteiger partial charge in [0, 0.05) is 32.0 Å². The van der Waals surface area contributed by atoms with Crippen molar-refractivity contribution < 1.29 is 9.53 Å². The molecule has 1 amide bonds. The van der Waals surface area contributed by atoms with E-state index in [1.807, 2.05) is 36.4 Å². The predicted octanol–water partition coefficient (Wildman–Crippen LogP) is 2.81. The van der Waals surface area contributed by atoms with Crippen LogP contribution in [0, 0.1) is 17.2 Å². The van der Waals surface area contributed by atoms with Gasteiger partial charge in [0.05, 0.1) is 0 Å². The molecule has 0 radical (unpaired) electrons. The molecule has 7 nitrogen and oxygen atoms in total. The van der Waals surface area contributed by atoms with Crippen molar-refractivity contribution in [3.8, 4) is 6.07 Å². The predicted molar refractivity (Wildman–Crippen MR) is 96.2 cm³/mol. The van der Waals surface area contributed by atoms with Gasteiger partial charge in [0.25, 0.3) is 0 Å². The zero-order valence-corrected chi connectivity index (χ0v) is 14.5. The molecular formula is C19H21N5O2. The fourth-order valence-electron chi connectivity index (χ4n) is 2.92. The lowest BCUT2D eigenvalue weighted by Crippen LogP contribution is -2.40. The average Bonchev–Trinajstić information content (AvgIpc) is 2.72. The Kier molecular flexibility index (Phi) is 5.99. The third-order valence-electron chi connectivity index (χ3n) is 4.44. The number of carbonyl (C=O) groups excluding carboxylic acids is 1. The Balaban J connectivity index is 1.41. The number of ether oxygens (including phenoxy) is 1. The van der Waals surface area contributed by atoms with E-state index in [2.05, 4.69) is 15.3 Å². The molecule has 1 aliphatic rings. The highest BCUT2D eigenvalue weighted by atomic mass is 16.6. The summed E-state index contributed by atoms with van der Waals surface area (Å²) in [7, 11) is 0. The van der Waals surface area contributed by atoms with Crippen molar-refractivity contribution in [2.45, 2.75) is 19.4 Å². The maximum absolute atomic E-state index is 12.2. The van der Waals surface area contributed by atoms with Crippen LogP contribution < -0.4 is 5.32 Å². The smallest absolute Gasteiger partial charge is 0.410 e. The molecule has 0 aliphatic carbocycles. The molecule has 1 aliphatic heterocycles. The molecule has 1 N–H and O–H groups in total. The average molecular weight is 351 g/mol. The summed E-state index contributed by atoms with van der Waals surface area (Å²) in [5, 5.41) is 12.2. The summed E-state index contributed by atoms with van der Waals surface area (Å²) in [6, 6.07) is 11.7. The maximum atomic E-state index is 12.2. The highest BCUT2D eigenvalue weighted by Crippen LogP contribution is 2.19. The first-order valence-corrected chi connectivity index (χ1v) is 8.67. The molecule has 0 saturated carbocycles. The topological polar surface area (TPSA) is 91.1 Å². The van der Waals surface area contributed by atoms with Gasteiger partial charge in [-0.15, -0.1) is 0 Å². The number of anilines is 1. The quantitative estimate of drug-likeness (QED) is 0.891. The van der Waals surface area contributed by atoms with E-state index in [0.717, 1.165) is 18.4 Å². The van der Waals surface area contributed by atoms with Crippen LogP contribution in [-0.4, -0.2) is 40.6 Å². The highest BCUT2D eigenvalue weighted by Gasteiger charge is 2.24. The van der Waals surface area contributed by atoms with Crippen LogP contribution in [0.5, 0.6) is 0 Å². The van der Waals surface area contributed by atoms with E-state index >= 15 is 0 Å². The lowest BCUT2D eigenvalue weighted by Gasteiger charge is -2.31. The van der Waals surface area contributed by atoms with Crippen molar-refractivity contribution in [3.63, 3.8) is 0 Å². The monoisotopic (exact) mass is 351 g/mol. The van der Waals surface area contributed by atoms with Crippen LogP contribution in [0.2, 0.25) is 0 Å². The SMILES string of the molecule is N#Cc1nccnc1NCC1CCN(C(=O)OCc2ccccc2)CC1. The van der Waals surface area contributed by atoms with Crippen LogP contribution in [0.1, 0.15) is 24.1 Å². The van der Waals surface area contributed by atoms with Crippen LogP contribution in [-0.2, 0) is 11.3 Å². The minimum absolute atomic E-state index is 0.263. The Morgan fingerprint density at radius 1 is 1.23 bits per heavy atom. The van der Waals surface area contributed by atoms with E-state index in [4.69, 9.17) is 10.00 Å². The van der Waals surface area contributed by atoms with E-state index < -0.39 is 0 Å². The highest BCUT2D eigenvalue weighted by molar-refractivity contribution is 5.67. The lowest BCUT2D eigenvalue weighted by atomic mass is 9.97. The third-order valence-corrected chi connectivity index (χ3v) is 4.44. The third kappa shape index (κ3) is 4.70. The van der Waals surface area contributed by atoms with Crippen molar-refractivity contribution in [2.24, 2.45) is 5.92 Å². The van der Waals surface area contributed by atoms with Gasteiger partial charge in [0.1, 0.15) is 12.7 Å². The van der Waals surface area contributed by atoms with Gasteiger partial charge in [-0.3, -0.25) is 0 Å². The summed E-state index contributed by atoms with van der Waals surface area (Å²) in [5.41, 5.74) is 1.28. The largest absolute Gasteiger partial charge is 0.445 e. The molecule has 1 aromatic heterocycles. The number of benzene rings is 1. The Bertz CT molecular complexity index is 767. The van der Waals surface area contributed by atoms with Gasteiger partial charge in [0.15, 0.2) is 11.5 Å². The number of nitriles is 1. The summed E-state index contributed by atoms with van der Waals surface area (Å²) < 4.78 is 5.38. The number of nitrogens with zero attached hydrogens (tertiary/aromatic N) is 4. The summed E-state index contributed by atoms with van der Waals surface area (Å²) in [6.07, 6.45) is 4.57. The second-order valence-corrected chi connectivity index (χ2v) is 6.22. The Morgan fingerprint density at radius 3 is 2.69 bits per heavy atom. The number of nitrogens with one attached hydrogen (secondary N) is 1. The number of piperidine rings is 1. The summed E-state index contributed by atoms with van der Waals surface area (Å²) in [6.45, 7) is 2.35. The molecule has 2 heterocycles. The summed E-state index contributed by atoms with van der Waals surface area (Å²) in [5.74, 6) is 0.932. The van der Waals surface area contributed by atoms with Gasteiger partial charge in [-0.1, -0.05) is 30.3 Å². The molecular weight excluding hydrogens is 330 g/mol. The Hall–Kier alpha value is -3.14. The molecule has 0 unspecified atom stereocenters. The second kappa shape index (κ2) is 8.81. The van der Waals surface area contributed by atoms with E-state index in [1.54, 1.807) is 11.1 Å². The van der Waals surface area contributed by atoms with Crippen LogP contribution in [0.25, 0.3) is 0 Å². The van der Waals surface area contributed by atoms with Crippen LogP contribution in [0.4, 0.5) is 10.6 Å². The molecule has 0 atom stereocenters. The van der Waals surface area contributed by atoms with E-state index in [-0.39, 0.29) is 6.09 Å². The lowest BCUT2D eigenvalue weighted by molar-refractivity contribution is 0.0832. The number of amides is 1. The van der Waals surface area contributed by atoms with Crippen molar-refractivity contribution in [1.82, 2.24) is 14.9 Å². The zero-order chi connectivity index (χ0) is 18.2. The van der Waals surface area contributed by atoms with Gasteiger partial charge in [-0.05, 0) is 24.3 Å². The first-order valence-electron chi connectivity index (χ1n) is 8.67. The molecule has 26 heavy (non-hydrogen) atoms. The number of hydrogen-bond acceptors (Lipinski definition) is 6. The van der Waals surface area contributed by atoms with Crippen LogP contribution in [0.15, 0.2) is 42.7 Å². The second-order valence-electron chi connectivity index (χ2n) is 6.22. The van der Waals surface area contributed by atoms with Crippen molar-refractivity contribution in [2.75, 3.05) is 25.0 Å². The van der Waals surface area contributed by atoms with Crippen LogP contribution in [0.3, 0.4) is 0 Å². The fourth-order valence-corrected chi connectivity index (χ4v) is 2.92. The van der Waals surface area contributed by atoms with E-state index in [9.17, 15) is 4.79 Å². The standard InChI is InChI=1S/C19H21N5O2/c20-12-17-18(22-9-8-21-17)23-13-15-6-10-24(11-7-15)19(25)26-14-16-4-2-1-3-5-16/h1-5,8-9,15H,6-7,10-11,13-14H2,(H,22,23). The number of aromatic nitrogens is 2. The van der Waals surface area contributed by atoms with Crippen LogP contribution >= 0.6 is 0 Å². The van der Waals surface area contributed by atoms with E-state index in [0.29, 0.717) is 43.7 Å². The van der Waals surface area contributed by atoms with Gasteiger partial charge in [-0.25, -0.2) is 14.8 Å². The number of hydrogen-bond donors (Lipinski definition) is 1. The molecule has 1 aromatic carbocycles. The Morgan fingerprint density at radius 2 is 1.96 bits per heavy atom. The first kappa shape index (κ1) is 17.7. The normalized spacial score (nSPS) is 14.5. The van der Waals surface area contributed by atoms with Gasteiger partial charge >= 0.3 is 6.09 Å². The van der Waals surface area contributed by atoms with Gasteiger partial charge in [-0.2, -0.15) is 5.26 Å². The number of likely N-dealkylation sites (tertiary alicyclic amines) is 1. The summed E-state index contributed by atoms with van der Waals surface area (Å²) >= 11 is 0. The molecule has 3 rings (SSSR count).